The second-order valence-corrected chi connectivity index (χ2v) is 11.0. The Hall–Kier alpha value is -2.04. The number of benzene rings is 2. The fraction of sp³-hybridized carbons (Fsp3) is 0.625. The Labute approximate surface area is 219 Å². The van der Waals surface area contributed by atoms with E-state index in [0.29, 0.717) is 6.04 Å². The molecule has 0 saturated heterocycles. The molecule has 198 valence electrons. The molecular weight excluding hydrogens is 444 g/mol. The number of nitrogens with zero attached hydrogens (tertiary/aromatic N) is 1. The number of aryl methyl sites for hydroxylation is 2. The topological polar surface area (TPSA) is 33.7 Å². The number of fused-ring (bicyclic) bond motifs is 2. The van der Waals surface area contributed by atoms with Crippen molar-refractivity contribution in [2.24, 2.45) is 5.92 Å². The first-order chi connectivity index (χ1) is 17.6. The van der Waals surface area contributed by atoms with Gasteiger partial charge in [0.05, 0.1) is 14.2 Å². The summed E-state index contributed by atoms with van der Waals surface area (Å²) < 4.78 is 10.7. The summed E-state index contributed by atoms with van der Waals surface area (Å²) in [4.78, 5) is 2.76. The van der Waals surface area contributed by atoms with Gasteiger partial charge in [0.15, 0.2) is 0 Å². The molecule has 1 saturated carbocycles. The first-order valence-corrected chi connectivity index (χ1v) is 14.4. The molecule has 4 heteroatoms. The molecule has 0 aromatic heterocycles. The van der Waals surface area contributed by atoms with Crippen LogP contribution in [0.25, 0.3) is 0 Å². The summed E-state index contributed by atoms with van der Waals surface area (Å²) in [6.45, 7) is 8.24. The maximum Gasteiger partial charge on any atom is 0.119 e. The summed E-state index contributed by atoms with van der Waals surface area (Å²) in [5, 5.41) is 3.61. The van der Waals surface area contributed by atoms with E-state index in [-0.39, 0.29) is 0 Å². The van der Waals surface area contributed by atoms with Gasteiger partial charge in [-0.05, 0) is 130 Å². The van der Waals surface area contributed by atoms with Crippen LogP contribution in [-0.2, 0) is 25.7 Å². The third-order valence-corrected chi connectivity index (χ3v) is 8.16. The van der Waals surface area contributed by atoms with Crippen LogP contribution in [0, 0.1) is 5.92 Å². The minimum atomic E-state index is 0.652. The smallest absolute Gasteiger partial charge is 0.119 e. The van der Waals surface area contributed by atoms with Crippen LogP contribution in [0.2, 0.25) is 0 Å². The standard InChI is InChI=1S/C18H27NO.C14H21NO/c1-3-10-19(13-14-4-5-14)17-8-6-15-7-9-18(20-2)12-16(15)11-17;1-3-8-15-13-6-4-11-5-7-14(16-2)10-12(11)9-13/h7,9,12,14,17H,3-6,8,10-11,13H2,1-2H3;5,7,10,13,15H,3-4,6,8-9H2,1-2H3. The molecule has 5 rings (SSSR count). The average molecular weight is 493 g/mol. The Bertz CT molecular complexity index is 955. The molecule has 2 aromatic carbocycles. The van der Waals surface area contributed by atoms with Crippen molar-refractivity contribution in [1.29, 1.82) is 0 Å². The van der Waals surface area contributed by atoms with Crippen LogP contribution in [0.4, 0.5) is 0 Å². The molecule has 2 unspecified atom stereocenters. The van der Waals surface area contributed by atoms with Gasteiger partial charge in [-0.25, -0.2) is 0 Å². The second-order valence-electron chi connectivity index (χ2n) is 11.0. The predicted octanol–water partition coefficient (Wildman–Crippen LogP) is 6.23. The molecule has 4 nitrogen and oxygen atoms in total. The number of hydrogen-bond donors (Lipinski definition) is 1. The lowest BCUT2D eigenvalue weighted by Crippen LogP contribution is -2.41. The van der Waals surface area contributed by atoms with E-state index in [1.165, 1.54) is 93.1 Å². The van der Waals surface area contributed by atoms with Crippen LogP contribution in [0.1, 0.15) is 74.6 Å². The molecule has 3 aliphatic carbocycles. The van der Waals surface area contributed by atoms with E-state index in [1.54, 1.807) is 14.2 Å². The van der Waals surface area contributed by atoms with Gasteiger partial charge < -0.3 is 14.8 Å². The molecule has 2 atom stereocenters. The van der Waals surface area contributed by atoms with E-state index in [4.69, 9.17) is 9.47 Å². The van der Waals surface area contributed by atoms with Crippen LogP contribution in [0.5, 0.6) is 11.5 Å². The van der Waals surface area contributed by atoms with Crippen molar-refractivity contribution in [2.75, 3.05) is 33.9 Å². The third-order valence-electron chi connectivity index (χ3n) is 8.16. The van der Waals surface area contributed by atoms with E-state index in [1.807, 2.05) is 0 Å². The van der Waals surface area contributed by atoms with Crippen LogP contribution in [-0.4, -0.2) is 50.8 Å². The summed E-state index contributed by atoms with van der Waals surface area (Å²) in [6, 6.07) is 14.5. The molecule has 0 aliphatic heterocycles. The molecule has 36 heavy (non-hydrogen) atoms. The van der Waals surface area contributed by atoms with E-state index in [9.17, 15) is 0 Å². The molecule has 1 fully saturated rings. The maximum absolute atomic E-state index is 5.38. The van der Waals surface area contributed by atoms with E-state index < -0.39 is 0 Å². The Morgan fingerprint density at radius 2 is 1.42 bits per heavy atom. The Kier molecular flexibility index (Phi) is 10.1. The van der Waals surface area contributed by atoms with Crippen molar-refractivity contribution in [3.05, 3.63) is 58.7 Å². The van der Waals surface area contributed by atoms with Crippen LogP contribution in [0.3, 0.4) is 0 Å². The minimum absolute atomic E-state index is 0.652. The van der Waals surface area contributed by atoms with E-state index in [2.05, 4.69) is 60.5 Å². The summed E-state index contributed by atoms with van der Waals surface area (Å²) >= 11 is 0. The highest BCUT2D eigenvalue weighted by Crippen LogP contribution is 2.33. The summed E-state index contributed by atoms with van der Waals surface area (Å²) in [7, 11) is 3.50. The highest BCUT2D eigenvalue weighted by atomic mass is 16.5. The monoisotopic (exact) mass is 492 g/mol. The molecule has 0 spiro atoms. The van der Waals surface area contributed by atoms with Crippen molar-refractivity contribution in [1.82, 2.24) is 10.2 Å². The minimum Gasteiger partial charge on any atom is -0.497 e. The van der Waals surface area contributed by atoms with E-state index >= 15 is 0 Å². The van der Waals surface area contributed by atoms with Gasteiger partial charge in [-0.2, -0.15) is 0 Å². The lowest BCUT2D eigenvalue weighted by molar-refractivity contribution is 0.172. The van der Waals surface area contributed by atoms with Gasteiger partial charge >= 0.3 is 0 Å². The van der Waals surface area contributed by atoms with Crippen molar-refractivity contribution >= 4 is 0 Å². The molecule has 0 bridgehead atoms. The summed E-state index contributed by atoms with van der Waals surface area (Å²) in [6.07, 6.45) is 12.8. The Balaban J connectivity index is 0.000000174. The van der Waals surface area contributed by atoms with E-state index in [0.717, 1.165) is 36.4 Å². The molecular formula is C32H48N2O2. The van der Waals surface area contributed by atoms with Gasteiger partial charge in [0.1, 0.15) is 11.5 Å². The lowest BCUT2D eigenvalue weighted by Gasteiger charge is -2.35. The molecule has 3 aliphatic rings. The average Bonchev–Trinajstić information content (AvgIpc) is 3.75. The first kappa shape index (κ1) is 27.0. The number of nitrogens with one attached hydrogen (secondary N) is 1. The van der Waals surface area contributed by atoms with Crippen molar-refractivity contribution < 1.29 is 9.47 Å². The van der Waals surface area contributed by atoms with Crippen LogP contribution < -0.4 is 14.8 Å². The van der Waals surface area contributed by atoms with Gasteiger partial charge in [-0.3, -0.25) is 4.90 Å². The van der Waals surface area contributed by atoms with Gasteiger partial charge in [-0.15, -0.1) is 0 Å². The number of hydrogen-bond acceptors (Lipinski definition) is 4. The molecule has 2 aromatic rings. The zero-order valence-corrected chi connectivity index (χ0v) is 23.2. The van der Waals surface area contributed by atoms with Crippen LogP contribution >= 0.6 is 0 Å². The quantitative estimate of drug-likeness (QED) is 0.426. The normalized spacial score (nSPS) is 20.7. The summed E-state index contributed by atoms with van der Waals surface area (Å²) in [5.41, 5.74) is 6.00. The number of ether oxygens (including phenoxy) is 2. The first-order valence-electron chi connectivity index (χ1n) is 14.4. The predicted molar refractivity (Wildman–Crippen MR) is 150 cm³/mol. The molecule has 0 amide bonds. The Morgan fingerprint density at radius 1 is 0.778 bits per heavy atom. The largest absolute Gasteiger partial charge is 0.497 e. The van der Waals surface area contributed by atoms with Crippen LogP contribution in [0.15, 0.2) is 36.4 Å². The summed E-state index contributed by atoms with van der Waals surface area (Å²) in [5.74, 6) is 2.98. The number of methoxy groups -OCH3 is 2. The van der Waals surface area contributed by atoms with Crippen molar-refractivity contribution in [3.63, 3.8) is 0 Å². The zero-order chi connectivity index (χ0) is 25.3. The maximum atomic E-state index is 5.38. The van der Waals surface area contributed by atoms with Crippen molar-refractivity contribution in [2.45, 2.75) is 90.1 Å². The highest BCUT2D eigenvalue weighted by molar-refractivity contribution is 5.38. The van der Waals surface area contributed by atoms with Gasteiger partial charge in [-0.1, -0.05) is 26.0 Å². The lowest BCUT2D eigenvalue weighted by atomic mass is 9.87. The Morgan fingerprint density at radius 3 is 2.00 bits per heavy atom. The highest BCUT2D eigenvalue weighted by Gasteiger charge is 2.29. The zero-order valence-electron chi connectivity index (χ0n) is 23.2. The fourth-order valence-corrected chi connectivity index (χ4v) is 5.88. The fourth-order valence-electron chi connectivity index (χ4n) is 5.88. The van der Waals surface area contributed by atoms with Crippen molar-refractivity contribution in [3.8, 4) is 11.5 Å². The van der Waals surface area contributed by atoms with Gasteiger partial charge in [0.25, 0.3) is 0 Å². The third kappa shape index (κ3) is 7.49. The number of rotatable bonds is 10. The molecule has 0 radical (unpaired) electrons. The molecule has 1 N–H and O–H groups in total. The molecule has 0 heterocycles. The van der Waals surface area contributed by atoms with Gasteiger partial charge in [0, 0.05) is 18.6 Å². The second kappa shape index (κ2) is 13.5. The SMILES string of the molecule is CCCN(CC1CC1)C1CCc2ccc(OC)cc2C1.CCCNC1CCc2ccc(OC)cc2C1. The van der Waals surface area contributed by atoms with Gasteiger partial charge in [0.2, 0.25) is 0 Å².